The van der Waals surface area contributed by atoms with Crippen LogP contribution >= 0.6 is 11.3 Å². The zero-order valence-corrected chi connectivity index (χ0v) is 14.8. The Morgan fingerprint density at radius 2 is 2.12 bits per heavy atom. The van der Waals surface area contributed by atoms with E-state index in [0.29, 0.717) is 17.4 Å². The minimum atomic E-state index is -0.232. The molecule has 0 atom stereocenters. The van der Waals surface area contributed by atoms with Crippen molar-refractivity contribution in [2.24, 2.45) is 0 Å². The Hall–Kier alpha value is -2.74. The first-order valence-corrected chi connectivity index (χ1v) is 8.98. The molecule has 0 aromatic carbocycles. The fourth-order valence-corrected chi connectivity index (χ4v) is 3.14. The van der Waals surface area contributed by atoms with Crippen molar-refractivity contribution in [2.45, 2.75) is 32.7 Å². The smallest absolute Gasteiger partial charge is 0.275 e. The van der Waals surface area contributed by atoms with Gasteiger partial charge in [0.15, 0.2) is 5.13 Å². The summed E-state index contributed by atoms with van der Waals surface area (Å²) in [6, 6.07) is 4.20. The Kier molecular flexibility index (Phi) is 3.96. The summed E-state index contributed by atoms with van der Waals surface area (Å²) in [7, 11) is 0. The quantitative estimate of drug-likeness (QED) is 0.735. The summed E-state index contributed by atoms with van der Waals surface area (Å²) in [5.74, 6) is 0.532. The van der Waals surface area contributed by atoms with Crippen LogP contribution in [-0.2, 0) is 0 Å². The van der Waals surface area contributed by atoms with Crippen molar-refractivity contribution in [3.63, 3.8) is 0 Å². The molecule has 4 rings (SSSR count). The lowest BCUT2D eigenvalue weighted by molar-refractivity contribution is 0.102. The number of carbonyl (C=O) groups is 1. The van der Waals surface area contributed by atoms with Gasteiger partial charge in [0.2, 0.25) is 0 Å². The van der Waals surface area contributed by atoms with Crippen molar-refractivity contribution < 1.29 is 4.79 Å². The van der Waals surface area contributed by atoms with Gasteiger partial charge in [0.1, 0.15) is 17.8 Å². The maximum Gasteiger partial charge on any atom is 0.275 e. The first-order chi connectivity index (χ1) is 12.1. The van der Waals surface area contributed by atoms with Gasteiger partial charge < -0.3 is 10.6 Å². The predicted molar refractivity (Wildman–Crippen MR) is 97.5 cm³/mol. The number of anilines is 2. The van der Waals surface area contributed by atoms with Gasteiger partial charge >= 0.3 is 0 Å². The molecule has 0 unspecified atom stereocenters. The average Bonchev–Trinajstić information content (AvgIpc) is 3.19. The second-order valence-electron chi connectivity index (χ2n) is 6.10. The molecule has 1 aliphatic carbocycles. The number of hydrogen-bond acceptors (Lipinski definition) is 6. The van der Waals surface area contributed by atoms with E-state index in [4.69, 9.17) is 0 Å². The molecule has 0 spiro atoms. The molecule has 0 aliphatic heterocycles. The van der Waals surface area contributed by atoms with Crippen LogP contribution in [0.25, 0.3) is 5.82 Å². The summed E-state index contributed by atoms with van der Waals surface area (Å²) in [4.78, 5) is 25.3. The molecule has 1 fully saturated rings. The minimum Gasteiger partial charge on any atom is -0.359 e. The highest BCUT2D eigenvalue weighted by atomic mass is 32.1. The second kappa shape index (κ2) is 6.29. The lowest BCUT2D eigenvalue weighted by Gasteiger charge is -2.07. The molecule has 7 nitrogen and oxygen atoms in total. The number of carbonyl (C=O) groups excluding carboxylic acids is 1. The molecule has 25 heavy (non-hydrogen) atoms. The molecular weight excluding hydrogens is 336 g/mol. The van der Waals surface area contributed by atoms with E-state index >= 15 is 0 Å². The van der Waals surface area contributed by atoms with Gasteiger partial charge in [0, 0.05) is 17.1 Å². The van der Waals surface area contributed by atoms with E-state index in [-0.39, 0.29) is 5.91 Å². The van der Waals surface area contributed by atoms with E-state index in [1.807, 2.05) is 30.5 Å². The zero-order valence-electron chi connectivity index (χ0n) is 14.0. The number of rotatable bonds is 5. The Morgan fingerprint density at radius 3 is 2.76 bits per heavy atom. The topological polar surface area (TPSA) is 84.7 Å². The van der Waals surface area contributed by atoms with Crippen LogP contribution in [0.1, 0.15) is 34.7 Å². The highest BCUT2D eigenvalue weighted by Crippen LogP contribution is 2.26. The monoisotopic (exact) mass is 354 g/mol. The lowest BCUT2D eigenvalue weighted by Crippen LogP contribution is -2.13. The van der Waals surface area contributed by atoms with Gasteiger partial charge in [0.05, 0.1) is 17.6 Å². The first-order valence-electron chi connectivity index (χ1n) is 8.10. The minimum absolute atomic E-state index is 0.232. The molecule has 1 amide bonds. The van der Waals surface area contributed by atoms with E-state index < -0.39 is 0 Å². The van der Waals surface area contributed by atoms with Crippen LogP contribution < -0.4 is 10.6 Å². The number of thiazole rings is 1. The molecule has 0 radical (unpaired) electrons. The van der Waals surface area contributed by atoms with E-state index in [2.05, 4.69) is 25.6 Å². The molecule has 1 aliphatic rings. The zero-order chi connectivity index (χ0) is 17.4. The Morgan fingerprint density at radius 1 is 1.28 bits per heavy atom. The molecule has 1 saturated carbocycles. The third-order valence-electron chi connectivity index (χ3n) is 4.15. The highest BCUT2D eigenvalue weighted by Gasteiger charge is 2.22. The molecule has 3 aromatic heterocycles. The number of aryl methyl sites for hydroxylation is 1. The molecule has 8 heteroatoms. The van der Waals surface area contributed by atoms with Gasteiger partial charge in [-0.05, 0) is 38.8 Å². The largest absolute Gasteiger partial charge is 0.359 e. The van der Waals surface area contributed by atoms with E-state index in [9.17, 15) is 4.79 Å². The van der Waals surface area contributed by atoms with Gasteiger partial charge in [-0.3, -0.25) is 9.36 Å². The summed E-state index contributed by atoms with van der Waals surface area (Å²) >= 11 is 1.45. The summed E-state index contributed by atoms with van der Waals surface area (Å²) < 4.78 is 1.91. The van der Waals surface area contributed by atoms with Gasteiger partial charge in [-0.25, -0.2) is 15.0 Å². The van der Waals surface area contributed by atoms with Crippen LogP contribution in [0.4, 0.5) is 10.8 Å². The van der Waals surface area contributed by atoms with Crippen LogP contribution in [0.5, 0.6) is 0 Å². The highest BCUT2D eigenvalue weighted by molar-refractivity contribution is 7.13. The molecule has 3 heterocycles. The SMILES string of the molecule is Cc1ncn(-c2ccc(NC(=O)c3csc(NC4CC4)n3)cn2)c1C. The average molecular weight is 354 g/mol. The molecule has 128 valence electrons. The number of hydrogen-bond donors (Lipinski definition) is 2. The number of nitrogens with zero attached hydrogens (tertiary/aromatic N) is 4. The Balaban J connectivity index is 1.44. The second-order valence-corrected chi connectivity index (χ2v) is 6.96. The Bertz CT molecular complexity index is 910. The fraction of sp³-hybridized carbons (Fsp3) is 0.294. The maximum atomic E-state index is 12.3. The number of imidazole rings is 1. The maximum absolute atomic E-state index is 12.3. The fourth-order valence-electron chi connectivity index (χ4n) is 2.37. The lowest BCUT2D eigenvalue weighted by atomic mass is 10.3. The molecule has 3 aromatic rings. The van der Waals surface area contributed by atoms with Crippen LogP contribution in [-0.4, -0.2) is 31.5 Å². The number of nitrogens with one attached hydrogen (secondary N) is 2. The third kappa shape index (κ3) is 3.39. The van der Waals surface area contributed by atoms with Gasteiger partial charge in [-0.1, -0.05) is 0 Å². The number of aromatic nitrogens is 4. The van der Waals surface area contributed by atoms with E-state index in [0.717, 1.165) is 22.3 Å². The van der Waals surface area contributed by atoms with Crippen LogP contribution in [0.2, 0.25) is 0 Å². The summed E-state index contributed by atoms with van der Waals surface area (Å²) in [6.45, 7) is 3.95. The van der Waals surface area contributed by atoms with Crippen molar-refractivity contribution in [1.29, 1.82) is 0 Å². The molecule has 2 N–H and O–H groups in total. The summed E-state index contributed by atoms with van der Waals surface area (Å²) in [6.07, 6.45) is 5.73. The predicted octanol–water partition coefficient (Wildman–Crippen LogP) is 3.17. The standard InChI is InChI=1S/C17H18N6OS/c1-10-11(2)23(9-19-10)15-6-5-13(7-18-15)20-16(24)14-8-25-17(22-14)21-12-3-4-12/h5-9,12H,3-4H2,1-2H3,(H,20,24)(H,21,22). The normalized spacial score (nSPS) is 13.7. The number of pyridine rings is 1. The van der Waals surface area contributed by atoms with Crippen molar-refractivity contribution in [3.05, 3.63) is 47.1 Å². The van der Waals surface area contributed by atoms with Crippen molar-refractivity contribution in [1.82, 2.24) is 19.5 Å². The van der Waals surface area contributed by atoms with Gasteiger partial charge in [0.25, 0.3) is 5.91 Å². The van der Waals surface area contributed by atoms with E-state index in [1.54, 1.807) is 17.9 Å². The summed E-state index contributed by atoms with van der Waals surface area (Å²) in [5.41, 5.74) is 3.06. The third-order valence-corrected chi connectivity index (χ3v) is 4.92. The molecule has 0 saturated heterocycles. The first kappa shape index (κ1) is 15.8. The number of amides is 1. The van der Waals surface area contributed by atoms with Gasteiger partial charge in [-0.2, -0.15) is 0 Å². The Labute approximate surface area is 149 Å². The van der Waals surface area contributed by atoms with Crippen LogP contribution in [0.3, 0.4) is 0 Å². The molecule has 0 bridgehead atoms. The van der Waals surface area contributed by atoms with E-state index in [1.165, 1.54) is 24.2 Å². The van der Waals surface area contributed by atoms with Crippen molar-refractivity contribution >= 4 is 28.1 Å². The van der Waals surface area contributed by atoms with Crippen molar-refractivity contribution in [2.75, 3.05) is 10.6 Å². The summed E-state index contributed by atoms with van der Waals surface area (Å²) in [5, 5.41) is 8.68. The van der Waals surface area contributed by atoms with Crippen molar-refractivity contribution in [3.8, 4) is 5.82 Å². The van der Waals surface area contributed by atoms with Crippen LogP contribution in [0.15, 0.2) is 30.0 Å². The van der Waals surface area contributed by atoms with Gasteiger partial charge in [-0.15, -0.1) is 11.3 Å². The molecular formula is C17H18N6OS. The van der Waals surface area contributed by atoms with Crippen LogP contribution in [0, 0.1) is 13.8 Å².